The number of anilines is 1. The second-order valence-electron chi connectivity index (χ2n) is 4.72. The molecule has 5 heteroatoms. The maximum Gasteiger partial charge on any atom is 0.274 e. The summed E-state index contributed by atoms with van der Waals surface area (Å²) in [7, 11) is 1.80. The van der Waals surface area contributed by atoms with Crippen LogP contribution in [-0.4, -0.2) is 40.4 Å². The second-order valence-corrected chi connectivity index (χ2v) is 4.72. The molecule has 1 atom stereocenters. The first-order chi connectivity index (χ1) is 8.47. The first-order valence-corrected chi connectivity index (χ1v) is 6.30. The highest BCUT2D eigenvalue weighted by molar-refractivity contribution is 5.92. The lowest BCUT2D eigenvalue weighted by molar-refractivity contribution is 0.0700. The van der Waals surface area contributed by atoms with Crippen LogP contribution in [0, 0.1) is 5.92 Å². The molecule has 1 unspecified atom stereocenters. The molecule has 1 amide bonds. The highest BCUT2D eigenvalue weighted by Gasteiger charge is 2.20. The summed E-state index contributed by atoms with van der Waals surface area (Å²) in [6, 6.07) is 0.174. The SMILES string of the molecule is CCNc1cnc(C(=O)N(C)C(C)C(C)C)cn1. The Kier molecular flexibility index (Phi) is 5.07. The summed E-state index contributed by atoms with van der Waals surface area (Å²) < 4.78 is 0. The van der Waals surface area contributed by atoms with Gasteiger partial charge in [-0.3, -0.25) is 4.79 Å². The van der Waals surface area contributed by atoms with E-state index in [0.717, 1.165) is 6.54 Å². The van der Waals surface area contributed by atoms with Gasteiger partial charge in [-0.05, 0) is 19.8 Å². The molecular weight excluding hydrogens is 228 g/mol. The van der Waals surface area contributed by atoms with Gasteiger partial charge in [0.1, 0.15) is 11.5 Å². The van der Waals surface area contributed by atoms with Crippen LogP contribution in [0.4, 0.5) is 5.82 Å². The van der Waals surface area contributed by atoms with Crippen LogP contribution >= 0.6 is 0 Å². The fourth-order valence-corrected chi connectivity index (χ4v) is 1.52. The molecule has 0 aromatic carbocycles. The molecular formula is C13H22N4O. The van der Waals surface area contributed by atoms with E-state index in [9.17, 15) is 4.79 Å². The molecule has 1 heterocycles. The Morgan fingerprint density at radius 1 is 1.33 bits per heavy atom. The predicted octanol–water partition coefficient (Wildman–Crippen LogP) is 2.02. The highest BCUT2D eigenvalue weighted by atomic mass is 16.2. The van der Waals surface area contributed by atoms with Crippen LogP contribution in [0.2, 0.25) is 0 Å². The van der Waals surface area contributed by atoms with Gasteiger partial charge in [-0.2, -0.15) is 0 Å². The summed E-state index contributed by atoms with van der Waals surface area (Å²) >= 11 is 0. The van der Waals surface area contributed by atoms with Crippen LogP contribution in [-0.2, 0) is 0 Å². The Hall–Kier alpha value is -1.65. The lowest BCUT2D eigenvalue weighted by atomic mass is 10.1. The lowest BCUT2D eigenvalue weighted by Gasteiger charge is -2.27. The second kappa shape index (κ2) is 6.33. The van der Waals surface area contributed by atoms with Crippen LogP contribution in [0.25, 0.3) is 0 Å². The zero-order chi connectivity index (χ0) is 13.7. The van der Waals surface area contributed by atoms with Crippen LogP contribution in [0.3, 0.4) is 0 Å². The zero-order valence-corrected chi connectivity index (χ0v) is 11.8. The number of amides is 1. The van der Waals surface area contributed by atoms with Crippen LogP contribution in [0.5, 0.6) is 0 Å². The van der Waals surface area contributed by atoms with Crippen molar-refractivity contribution in [3.8, 4) is 0 Å². The molecule has 1 N–H and O–H groups in total. The van der Waals surface area contributed by atoms with E-state index >= 15 is 0 Å². The number of aromatic nitrogens is 2. The normalized spacial score (nSPS) is 12.3. The summed E-state index contributed by atoms with van der Waals surface area (Å²) in [6.45, 7) is 8.98. The minimum atomic E-state index is -0.0910. The summed E-state index contributed by atoms with van der Waals surface area (Å²) in [5.74, 6) is 1.01. The predicted molar refractivity (Wildman–Crippen MR) is 72.6 cm³/mol. The molecule has 0 aliphatic carbocycles. The number of nitrogens with one attached hydrogen (secondary N) is 1. The van der Waals surface area contributed by atoms with Gasteiger partial charge in [0.05, 0.1) is 12.4 Å². The molecule has 1 aromatic heterocycles. The van der Waals surface area contributed by atoms with Crippen LogP contribution < -0.4 is 5.32 Å². The van der Waals surface area contributed by atoms with Gasteiger partial charge < -0.3 is 10.2 Å². The number of hydrogen-bond donors (Lipinski definition) is 1. The van der Waals surface area contributed by atoms with E-state index in [0.29, 0.717) is 17.4 Å². The zero-order valence-electron chi connectivity index (χ0n) is 11.8. The molecule has 1 rings (SSSR count). The minimum Gasteiger partial charge on any atom is -0.369 e. The Balaban J connectivity index is 2.77. The van der Waals surface area contributed by atoms with E-state index in [-0.39, 0.29) is 11.9 Å². The van der Waals surface area contributed by atoms with Crippen molar-refractivity contribution in [1.29, 1.82) is 0 Å². The molecule has 0 saturated carbocycles. The quantitative estimate of drug-likeness (QED) is 0.868. The maximum atomic E-state index is 12.2. The molecule has 5 nitrogen and oxygen atoms in total. The number of carbonyl (C=O) groups is 1. The summed E-state index contributed by atoms with van der Waals surface area (Å²) in [5, 5.41) is 3.05. The van der Waals surface area contributed by atoms with Gasteiger partial charge in [0, 0.05) is 19.6 Å². The van der Waals surface area contributed by atoms with E-state index in [2.05, 4.69) is 29.1 Å². The Morgan fingerprint density at radius 3 is 2.44 bits per heavy atom. The maximum absolute atomic E-state index is 12.2. The van der Waals surface area contributed by atoms with Gasteiger partial charge >= 0.3 is 0 Å². The number of rotatable bonds is 5. The van der Waals surface area contributed by atoms with Crippen molar-refractivity contribution < 1.29 is 4.79 Å². The molecule has 0 aliphatic rings. The Bertz CT molecular complexity index is 388. The van der Waals surface area contributed by atoms with E-state index < -0.39 is 0 Å². The first kappa shape index (κ1) is 14.4. The van der Waals surface area contributed by atoms with Crippen molar-refractivity contribution in [3.63, 3.8) is 0 Å². The molecule has 0 fully saturated rings. The largest absolute Gasteiger partial charge is 0.369 e. The van der Waals surface area contributed by atoms with Gasteiger partial charge in [0.2, 0.25) is 0 Å². The van der Waals surface area contributed by atoms with E-state index in [4.69, 9.17) is 0 Å². The molecule has 0 saturated heterocycles. The molecule has 0 aliphatic heterocycles. The molecule has 0 bridgehead atoms. The number of carbonyl (C=O) groups excluding carboxylic acids is 1. The van der Waals surface area contributed by atoms with Crippen molar-refractivity contribution in [2.24, 2.45) is 5.92 Å². The van der Waals surface area contributed by atoms with Crippen molar-refractivity contribution in [2.45, 2.75) is 33.7 Å². The van der Waals surface area contributed by atoms with Gasteiger partial charge in [-0.25, -0.2) is 9.97 Å². The van der Waals surface area contributed by atoms with E-state index in [1.54, 1.807) is 18.1 Å². The molecule has 0 spiro atoms. The van der Waals surface area contributed by atoms with Crippen molar-refractivity contribution in [3.05, 3.63) is 18.1 Å². The third-order valence-corrected chi connectivity index (χ3v) is 3.12. The average molecular weight is 250 g/mol. The summed E-state index contributed by atoms with van der Waals surface area (Å²) in [5.41, 5.74) is 0.381. The molecule has 1 aromatic rings. The Labute approximate surface area is 109 Å². The van der Waals surface area contributed by atoms with Crippen LogP contribution in [0.15, 0.2) is 12.4 Å². The molecule has 18 heavy (non-hydrogen) atoms. The monoisotopic (exact) mass is 250 g/mol. The standard InChI is InChI=1S/C13H22N4O/c1-6-14-12-8-15-11(7-16-12)13(18)17(5)10(4)9(2)3/h7-10H,6H2,1-5H3,(H,14,16). The minimum absolute atomic E-state index is 0.0910. The third-order valence-electron chi connectivity index (χ3n) is 3.12. The van der Waals surface area contributed by atoms with Gasteiger partial charge in [-0.15, -0.1) is 0 Å². The molecule has 0 radical (unpaired) electrons. The third kappa shape index (κ3) is 3.42. The summed E-state index contributed by atoms with van der Waals surface area (Å²) in [4.78, 5) is 22.2. The lowest BCUT2D eigenvalue weighted by Crippen LogP contribution is -2.38. The van der Waals surface area contributed by atoms with E-state index in [1.165, 1.54) is 6.20 Å². The van der Waals surface area contributed by atoms with Gasteiger partial charge in [-0.1, -0.05) is 13.8 Å². The number of hydrogen-bond acceptors (Lipinski definition) is 4. The van der Waals surface area contributed by atoms with Gasteiger partial charge in [0.25, 0.3) is 5.91 Å². The molecule has 100 valence electrons. The fraction of sp³-hybridized carbons (Fsp3) is 0.615. The van der Waals surface area contributed by atoms with Crippen molar-refractivity contribution >= 4 is 11.7 Å². The topological polar surface area (TPSA) is 58.1 Å². The fourth-order valence-electron chi connectivity index (χ4n) is 1.52. The van der Waals surface area contributed by atoms with Gasteiger partial charge in [0.15, 0.2) is 0 Å². The highest BCUT2D eigenvalue weighted by Crippen LogP contribution is 2.11. The average Bonchev–Trinajstić information content (AvgIpc) is 2.37. The Morgan fingerprint density at radius 2 is 2.00 bits per heavy atom. The van der Waals surface area contributed by atoms with Crippen LogP contribution in [0.1, 0.15) is 38.2 Å². The number of nitrogens with zero attached hydrogens (tertiary/aromatic N) is 3. The first-order valence-electron chi connectivity index (χ1n) is 6.30. The van der Waals surface area contributed by atoms with E-state index in [1.807, 2.05) is 13.8 Å². The van der Waals surface area contributed by atoms with Crippen molar-refractivity contribution in [2.75, 3.05) is 18.9 Å². The smallest absolute Gasteiger partial charge is 0.274 e. The van der Waals surface area contributed by atoms with Crippen molar-refractivity contribution in [1.82, 2.24) is 14.9 Å². The summed E-state index contributed by atoms with van der Waals surface area (Å²) in [6.07, 6.45) is 3.11.